The largest absolute Gasteiger partial charge is 0.327 e. The SMILES string of the molecule is C[C@@H](N)CNC1CCCCC1. The number of hydrogen-bond donors (Lipinski definition) is 2. The molecule has 2 heteroatoms. The fourth-order valence-electron chi connectivity index (χ4n) is 1.66. The van der Waals surface area contributed by atoms with Gasteiger partial charge in [0.1, 0.15) is 0 Å². The maximum Gasteiger partial charge on any atom is 0.0136 e. The lowest BCUT2D eigenvalue weighted by Crippen LogP contribution is -2.38. The minimum atomic E-state index is 0.303. The summed E-state index contributed by atoms with van der Waals surface area (Å²) in [6.45, 7) is 3.03. The first-order chi connectivity index (χ1) is 5.29. The third kappa shape index (κ3) is 3.73. The van der Waals surface area contributed by atoms with Crippen LogP contribution in [0.25, 0.3) is 0 Å². The Balaban J connectivity index is 2.05. The van der Waals surface area contributed by atoms with E-state index in [0.717, 1.165) is 12.6 Å². The molecule has 0 radical (unpaired) electrons. The molecule has 0 aromatic heterocycles. The second-order valence-electron chi connectivity index (χ2n) is 3.72. The minimum Gasteiger partial charge on any atom is -0.327 e. The first kappa shape index (κ1) is 9.01. The van der Waals surface area contributed by atoms with Crippen molar-refractivity contribution in [3.05, 3.63) is 0 Å². The Labute approximate surface area is 69.5 Å². The van der Waals surface area contributed by atoms with Crippen molar-refractivity contribution >= 4 is 0 Å². The molecule has 3 N–H and O–H groups in total. The lowest BCUT2D eigenvalue weighted by Gasteiger charge is -2.23. The molecule has 1 saturated carbocycles. The van der Waals surface area contributed by atoms with E-state index in [1.54, 1.807) is 0 Å². The molecule has 66 valence electrons. The highest BCUT2D eigenvalue weighted by atomic mass is 14.9. The molecule has 0 spiro atoms. The summed E-state index contributed by atoms with van der Waals surface area (Å²) in [7, 11) is 0. The van der Waals surface area contributed by atoms with Gasteiger partial charge < -0.3 is 11.1 Å². The molecule has 0 aliphatic heterocycles. The van der Waals surface area contributed by atoms with Gasteiger partial charge in [-0.15, -0.1) is 0 Å². The Morgan fingerprint density at radius 2 is 2.00 bits per heavy atom. The highest BCUT2D eigenvalue weighted by molar-refractivity contribution is 4.73. The summed E-state index contributed by atoms with van der Waals surface area (Å²) in [4.78, 5) is 0. The Kier molecular flexibility index (Phi) is 3.87. The Morgan fingerprint density at radius 1 is 1.36 bits per heavy atom. The molecular weight excluding hydrogens is 136 g/mol. The van der Waals surface area contributed by atoms with Crippen molar-refractivity contribution in [1.29, 1.82) is 0 Å². The van der Waals surface area contributed by atoms with Crippen molar-refractivity contribution in [2.24, 2.45) is 5.73 Å². The molecule has 1 atom stereocenters. The maximum absolute atomic E-state index is 5.65. The summed E-state index contributed by atoms with van der Waals surface area (Å²) < 4.78 is 0. The van der Waals surface area contributed by atoms with Crippen LogP contribution in [0.15, 0.2) is 0 Å². The van der Waals surface area contributed by atoms with Crippen LogP contribution in [0.3, 0.4) is 0 Å². The van der Waals surface area contributed by atoms with Gasteiger partial charge in [0.15, 0.2) is 0 Å². The molecule has 1 aliphatic rings. The quantitative estimate of drug-likeness (QED) is 0.645. The maximum atomic E-state index is 5.65. The molecule has 2 nitrogen and oxygen atoms in total. The monoisotopic (exact) mass is 156 g/mol. The summed E-state index contributed by atoms with van der Waals surface area (Å²) in [5.74, 6) is 0. The lowest BCUT2D eigenvalue weighted by atomic mass is 9.95. The van der Waals surface area contributed by atoms with E-state index in [9.17, 15) is 0 Å². The average molecular weight is 156 g/mol. The second kappa shape index (κ2) is 4.73. The van der Waals surface area contributed by atoms with E-state index in [2.05, 4.69) is 12.2 Å². The molecule has 0 saturated heterocycles. The fraction of sp³-hybridized carbons (Fsp3) is 1.00. The van der Waals surface area contributed by atoms with Crippen molar-refractivity contribution in [2.45, 2.75) is 51.1 Å². The normalized spacial score (nSPS) is 23.5. The lowest BCUT2D eigenvalue weighted by molar-refractivity contribution is 0.367. The molecule has 0 bridgehead atoms. The average Bonchev–Trinajstić information content (AvgIpc) is 2.03. The van der Waals surface area contributed by atoms with Crippen LogP contribution >= 0.6 is 0 Å². The van der Waals surface area contributed by atoms with Gasteiger partial charge in [0.05, 0.1) is 0 Å². The van der Waals surface area contributed by atoms with Gasteiger partial charge in [-0.1, -0.05) is 19.3 Å². The predicted octanol–water partition coefficient (Wildman–Crippen LogP) is 1.26. The van der Waals surface area contributed by atoms with Gasteiger partial charge >= 0.3 is 0 Å². The van der Waals surface area contributed by atoms with Crippen LogP contribution in [0.4, 0.5) is 0 Å². The van der Waals surface area contributed by atoms with Crippen LogP contribution in [-0.2, 0) is 0 Å². The van der Waals surface area contributed by atoms with Gasteiger partial charge in [-0.25, -0.2) is 0 Å². The zero-order valence-electron chi connectivity index (χ0n) is 7.47. The van der Waals surface area contributed by atoms with E-state index in [-0.39, 0.29) is 0 Å². The van der Waals surface area contributed by atoms with Crippen LogP contribution in [0.5, 0.6) is 0 Å². The van der Waals surface area contributed by atoms with Crippen LogP contribution in [-0.4, -0.2) is 18.6 Å². The molecule has 0 unspecified atom stereocenters. The Bertz CT molecular complexity index is 95.7. The molecule has 1 rings (SSSR count). The standard InChI is InChI=1S/C9H20N2/c1-8(10)7-11-9-5-3-2-4-6-9/h8-9,11H,2-7,10H2,1H3/t8-/m1/s1. The molecule has 0 aromatic rings. The van der Waals surface area contributed by atoms with E-state index >= 15 is 0 Å². The number of nitrogens with two attached hydrogens (primary N) is 1. The summed E-state index contributed by atoms with van der Waals surface area (Å²) in [5, 5.41) is 3.50. The third-order valence-corrected chi connectivity index (χ3v) is 2.33. The van der Waals surface area contributed by atoms with Gasteiger partial charge in [0.25, 0.3) is 0 Å². The molecule has 1 fully saturated rings. The number of hydrogen-bond acceptors (Lipinski definition) is 2. The summed E-state index contributed by atoms with van der Waals surface area (Å²) in [6, 6.07) is 1.06. The smallest absolute Gasteiger partial charge is 0.0136 e. The van der Waals surface area contributed by atoms with Gasteiger partial charge in [0.2, 0.25) is 0 Å². The van der Waals surface area contributed by atoms with Crippen LogP contribution in [0, 0.1) is 0 Å². The molecular formula is C9H20N2. The zero-order valence-corrected chi connectivity index (χ0v) is 7.47. The summed E-state index contributed by atoms with van der Waals surface area (Å²) >= 11 is 0. The number of nitrogens with one attached hydrogen (secondary N) is 1. The van der Waals surface area contributed by atoms with Gasteiger partial charge in [0, 0.05) is 18.6 Å². The summed E-state index contributed by atoms with van der Waals surface area (Å²) in [5.41, 5.74) is 5.65. The topological polar surface area (TPSA) is 38.0 Å². The first-order valence-corrected chi connectivity index (χ1v) is 4.78. The van der Waals surface area contributed by atoms with E-state index in [1.165, 1.54) is 32.1 Å². The fourth-order valence-corrected chi connectivity index (χ4v) is 1.66. The van der Waals surface area contributed by atoms with Crippen LogP contribution in [0.2, 0.25) is 0 Å². The van der Waals surface area contributed by atoms with Crippen molar-refractivity contribution < 1.29 is 0 Å². The minimum absolute atomic E-state index is 0.303. The highest BCUT2D eigenvalue weighted by Gasteiger charge is 2.12. The molecule has 1 aliphatic carbocycles. The van der Waals surface area contributed by atoms with Crippen molar-refractivity contribution in [3.63, 3.8) is 0 Å². The van der Waals surface area contributed by atoms with E-state index in [4.69, 9.17) is 5.73 Å². The molecule has 0 aromatic carbocycles. The highest BCUT2D eigenvalue weighted by Crippen LogP contribution is 2.16. The second-order valence-corrected chi connectivity index (χ2v) is 3.72. The zero-order chi connectivity index (χ0) is 8.10. The van der Waals surface area contributed by atoms with Crippen LogP contribution < -0.4 is 11.1 Å². The molecule has 0 heterocycles. The summed E-state index contributed by atoms with van der Waals surface area (Å²) in [6.07, 6.45) is 6.93. The van der Waals surface area contributed by atoms with E-state index < -0.39 is 0 Å². The van der Waals surface area contributed by atoms with Crippen molar-refractivity contribution in [2.75, 3.05) is 6.54 Å². The molecule has 0 amide bonds. The van der Waals surface area contributed by atoms with Crippen LogP contribution in [0.1, 0.15) is 39.0 Å². The Morgan fingerprint density at radius 3 is 2.55 bits per heavy atom. The van der Waals surface area contributed by atoms with Crippen molar-refractivity contribution in [3.8, 4) is 0 Å². The van der Waals surface area contributed by atoms with E-state index in [1.807, 2.05) is 0 Å². The first-order valence-electron chi connectivity index (χ1n) is 4.78. The van der Waals surface area contributed by atoms with E-state index in [0.29, 0.717) is 6.04 Å². The van der Waals surface area contributed by atoms with Gasteiger partial charge in [-0.3, -0.25) is 0 Å². The predicted molar refractivity (Wildman–Crippen MR) is 48.5 cm³/mol. The van der Waals surface area contributed by atoms with Gasteiger partial charge in [-0.05, 0) is 19.8 Å². The van der Waals surface area contributed by atoms with Gasteiger partial charge in [-0.2, -0.15) is 0 Å². The van der Waals surface area contributed by atoms with Crippen molar-refractivity contribution in [1.82, 2.24) is 5.32 Å². The third-order valence-electron chi connectivity index (χ3n) is 2.33. The number of rotatable bonds is 3. The Hall–Kier alpha value is -0.0800. The molecule has 11 heavy (non-hydrogen) atoms.